The van der Waals surface area contributed by atoms with Crippen LogP contribution in [0.3, 0.4) is 0 Å². The number of carbonyl (C=O) groups excluding carboxylic acids is 2. The third kappa shape index (κ3) is 8.33. The van der Waals surface area contributed by atoms with Crippen LogP contribution in [0.5, 0.6) is 0 Å². The molecule has 0 bridgehead atoms. The van der Waals surface area contributed by atoms with Gasteiger partial charge in [0, 0.05) is 12.0 Å². The van der Waals surface area contributed by atoms with Crippen LogP contribution >= 0.6 is 0 Å². The first-order valence-electron chi connectivity index (χ1n) is 9.49. The summed E-state index contributed by atoms with van der Waals surface area (Å²) in [6, 6.07) is 15.3. The molecule has 0 radical (unpaired) electrons. The highest BCUT2D eigenvalue weighted by atomic mass is 16.7. The van der Waals surface area contributed by atoms with Crippen LogP contribution < -0.4 is 11.0 Å². The molecule has 0 aliphatic rings. The van der Waals surface area contributed by atoms with Gasteiger partial charge >= 0.3 is 0 Å². The molecule has 0 heterocycles. The summed E-state index contributed by atoms with van der Waals surface area (Å²) < 4.78 is 0. The van der Waals surface area contributed by atoms with E-state index < -0.39 is 0 Å². The summed E-state index contributed by atoms with van der Waals surface area (Å²) in [5.74, 6) is -0.387. The number of unbranched alkanes of at least 4 members (excludes halogenated alkanes) is 2. The summed E-state index contributed by atoms with van der Waals surface area (Å²) in [6.07, 6.45) is 2.70. The van der Waals surface area contributed by atoms with Gasteiger partial charge in [0.1, 0.15) is 0 Å². The number of aryl methyl sites for hydroxylation is 2. The van der Waals surface area contributed by atoms with E-state index >= 15 is 0 Å². The molecule has 0 saturated carbocycles. The Morgan fingerprint density at radius 2 is 1.57 bits per heavy atom. The minimum Gasteiger partial charge on any atom is -0.273 e. The quantitative estimate of drug-likeness (QED) is 0.457. The molecule has 0 fully saturated rings. The van der Waals surface area contributed by atoms with Crippen molar-refractivity contribution in [1.29, 1.82) is 0 Å². The third-order valence-corrected chi connectivity index (χ3v) is 4.07. The van der Waals surface area contributed by atoms with Gasteiger partial charge in [-0.15, -0.1) is 0 Å². The summed E-state index contributed by atoms with van der Waals surface area (Å²) in [5, 5.41) is 0. The summed E-state index contributed by atoms with van der Waals surface area (Å²) in [5.41, 5.74) is 8.57. The Labute approximate surface area is 166 Å². The van der Waals surface area contributed by atoms with Crippen molar-refractivity contribution in [2.45, 2.75) is 46.1 Å². The SMILES string of the molecule is Cc1cc(C)cc(C(=O)NOCCCCCC(=O)NOCc2ccccc2)c1. The Hall–Kier alpha value is -2.70. The highest BCUT2D eigenvalue weighted by Crippen LogP contribution is 2.09. The van der Waals surface area contributed by atoms with Crippen molar-refractivity contribution in [2.75, 3.05) is 6.61 Å². The van der Waals surface area contributed by atoms with Gasteiger partial charge < -0.3 is 0 Å². The molecule has 2 amide bonds. The van der Waals surface area contributed by atoms with Crippen molar-refractivity contribution in [3.63, 3.8) is 0 Å². The van der Waals surface area contributed by atoms with Gasteiger partial charge in [0.15, 0.2) is 0 Å². The molecule has 2 aromatic rings. The number of hydrogen-bond acceptors (Lipinski definition) is 4. The first kappa shape index (κ1) is 21.6. The number of benzene rings is 2. The zero-order chi connectivity index (χ0) is 20.2. The minimum atomic E-state index is -0.248. The van der Waals surface area contributed by atoms with Crippen LogP contribution in [0, 0.1) is 13.8 Å². The Kier molecular flexibility index (Phi) is 9.18. The molecule has 2 rings (SSSR count). The molecule has 0 aromatic heterocycles. The van der Waals surface area contributed by atoms with Crippen LogP contribution in [0.4, 0.5) is 0 Å². The van der Waals surface area contributed by atoms with Crippen molar-refractivity contribution >= 4 is 11.8 Å². The smallest absolute Gasteiger partial charge is 0.273 e. The van der Waals surface area contributed by atoms with Crippen molar-refractivity contribution in [3.8, 4) is 0 Å². The summed E-state index contributed by atoms with van der Waals surface area (Å²) >= 11 is 0. The fourth-order valence-electron chi connectivity index (χ4n) is 2.74. The molecule has 2 aromatic carbocycles. The second-order valence-electron chi connectivity index (χ2n) is 6.77. The van der Waals surface area contributed by atoms with Gasteiger partial charge in [0.25, 0.3) is 5.91 Å². The molecule has 150 valence electrons. The number of rotatable bonds is 11. The fourth-order valence-corrected chi connectivity index (χ4v) is 2.74. The molecule has 0 atom stereocenters. The van der Waals surface area contributed by atoms with E-state index in [0.29, 0.717) is 25.2 Å². The molecule has 6 nitrogen and oxygen atoms in total. The van der Waals surface area contributed by atoms with Gasteiger partial charge in [0.05, 0.1) is 13.2 Å². The molecule has 0 unspecified atom stereocenters. The van der Waals surface area contributed by atoms with Gasteiger partial charge in [0.2, 0.25) is 5.91 Å². The van der Waals surface area contributed by atoms with E-state index in [2.05, 4.69) is 11.0 Å². The zero-order valence-corrected chi connectivity index (χ0v) is 16.5. The Morgan fingerprint density at radius 3 is 2.29 bits per heavy atom. The summed E-state index contributed by atoms with van der Waals surface area (Å²) in [6.45, 7) is 4.66. The van der Waals surface area contributed by atoms with Gasteiger partial charge in [-0.1, -0.05) is 53.9 Å². The second-order valence-corrected chi connectivity index (χ2v) is 6.77. The van der Waals surface area contributed by atoms with Crippen molar-refractivity contribution in [2.24, 2.45) is 0 Å². The van der Waals surface area contributed by atoms with E-state index in [1.807, 2.05) is 62.4 Å². The maximum absolute atomic E-state index is 12.0. The van der Waals surface area contributed by atoms with Crippen molar-refractivity contribution < 1.29 is 19.3 Å². The highest BCUT2D eigenvalue weighted by Gasteiger charge is 2.06. The second kappa shape index (κ2) is 11.9. The number of amides is 2. The fraction of sp³-hybridized carbons (Fsp3) is 0.364. The van der Waals surface area contributed by atoms with E-state index in [0.717, 1.165) is 36.0 Å². The average molecular weight is 384 g/mol. The number of hydroxylamine groups is 2. The molecule has 2 N–H and O–H groups in total. The molecule has 0 spiro atoms. The average Bonchev–Trinajstić information content (AvgIpc) is 2.67. The lowest BCUT2D eigenvalue weighted by Crippen LogP contribution is -2.24. The van der Waals surface area contributed by atoms with Crippen LogP contribution in [-0.2, 0) is 21.1 Å². The maximum atomic E-state index is 12.0. The standard InChI is InChI=1S/C22H28N2O4/c1-17-13-18(2)15-20(14-17)22(26)24-27-12-8-4-7-11-21(25)23-28-16-19-9-5-3-6-10-19/h3,5-6,9-10,13-15H,4,7-8,11-12,16H2,1-2H3,(H,23,25)(H,24,26). The number of nitrogens with one attached hydrogen (secondary N) is 2. The lowest BCUT2D eigenvalue weighted by Gasteiger charge is -2.08. The van der Waals surface area contributed by atoms with Crippen LogP contribution in [0.15, 0.2) is 48.5 Å². The van der Waals surface area contributed by atoms with Crippen LogP contribution in [0.2, 0.25) is 0 Å². The molecule has 6 heteroatoms. The predicted octanol–water partition coefficient (Wildman–Crippen LogP) is 3.77. The topological polar surface area (TPSA) is 76.7 Å². The van der Waals surface area contributed by atoms with Crippen molar-refractivity contribution in [1.82, 2.24) is 11.0 Å². The molecule has 0 saturated heterocycles. The first-order chi connectivity index (χ1) is 13.5. The highest BCUT2D eigenvalue weighted by molar-refractivity contribution is 5.93. The Balaban J connectivity index is 1.48. The lowest BCUT2D eigenvalue weighted by molar-refractivity contribution is -0.134. The summed E-state index contributed by atoms with van der Waals surface area (Å²) in [4.78, 5) is 34.1. The lowest BCUT2D eigenvalue weighted by atomic mass is 10.1. The third-order valence-electron chi connectivity index (χ3n) is 4.07. The van der Waals surface area contributed by atoms with E-state index in [1.165, 1.54) is 0 Å². The molecular formula is C22H28N2O4. The van der Waals surface area contributed by atoms with Crippen molar-refractivity contribution in [3.05, 3.63) is 70.8 Å². The first-order valence-corrected chi connectivity index (χ1v) is 9.49. The van der Waals surface area contributed by atoms with Gasteiger partial charge in [-0.3, -0.25) is 19.3 Å². The van der Waals surface area contributed by atoms with E-state index in [1.54, 1.807) is 0 Å². The number of carbonyl (C=O) groups is 2. The largest absolute Gasteiger partial charge is 0.274 e. The maximum Gasteiger partial charge on any atom is 0.274 e. The van der Waals surface area contributed by atoms with E-state index in [4.69, 9.17) is 9.68 Å². The molecule has 0 aliphatic carbocycles. The monoisotopic (exact) mass is 384 g/mol. The van der Waals surface area contributed by atoms with E-state index in [9.17, 15) is 9.59 Å². The van der Waals surface area contributed by atoms with Crippen LogP contribution in [0.1, 0.15) is 52.7 Å². The zero-order valence-electron chi connectivity index (χ0n) is 16.5. The Morgan fingerprint density at radius 1 is 0.857 bits per heavy atom. The van der Waals surface area contributed by atoms with Gasteiger partial charge in [-0.05, 0) is 44.4 Å². The number of hydrogen-bond donors (Lipinski definition) is 2. The van der Waals surface area contributed by atoms with Crippen LogP contribution in [-0.4, -0.2) is 18.4 Å². The van der Waals surface area contributed by atoms with Crippen LogP contribution in [0.25, 0.3) is 0 Å². The predicted molar refractivity (Wildman–Crippen MR) is 107 cm³/mol. The Bertz CT molecular complexity index is 742. The molecular weight excluding hydrogens is 356 g/mol. The molecule has 0 aliphatic heterocycles. The molecule has 28 heavy (non-hydrogen) atoms. The van der Waals surface area contributed by atoms with Gasteiger partial charge in [-0.2, -0.15) is 0 Å². The van der Waals surface area contributed by atoms with Gasteiger partial charge in [-0.25, -0.2) is 11.0 Å². The van der Waals surface area contributed by atoms with E-state index in [-0.39, 0.29) is 11.8 Å². The minimum absolute atomic E-state index is 0.139. The normalized spacial score (nSPS) is 10.5. The summed E-state index contributed by atoms with van der Waals surface area (Å²) in [7, 11) is 0.